The van der Waals surface area contributed by atoms with Crippen LogP contribution in [-0.2, 0) is 4.79 Å². The van der Waals surface area contributed by atoms with Gasteiger partial charge in [0, 0.05) is 23.0 Å². The van der Waals surface area contributed by atoms with E-state index in [0.29, 0.717) is 22.7 Å². The van der Waals surface area contributed by atoms with Gasteiger partial charge in [0.1, 0.15) is 5.76 Å². The van der Waals surface area contributed by atoms with Crippen molar-refractivity contribution in [3.8, 4) is 0 Å². The Balaban J connectivity index is 1.65. The van der Waals surface area contributed by atoms with Crippen molar-refractivity contribution in [2.24, 2.45) is 0 Å². The molecule has 0 fully saturated rings. The molecule has 0 aliphatic rings. The van der Waals surface area contributed by atoms with E-state index in [2.05, 4.69) is 10.6 Å². The Morgan fingerprint density at radius 1 is 0.923 bits per heavy atom. The molecular weight excluding hydrogens is 328 g/mol. The topological polar surface area (TPSA) is 71.3 Å². The summed E-state index contributed by atoms with van der Waals surface area (Å²) in [4.78, 5) is 24.4. The van der Waals surface area contributed by atoms with Crippen LogP contribution < -0.4 is 10.6 Å². The molecule has 0 radical (unpaired) electrons. The second-order valence-corrected chi connectivity index (χ2v) is 5.69. The molecular formula is C21H18N2O3. The molecule has 0 aliphatic heterocycles. The van der Waals surface area contributed by atoms with Crippen molar-refractivity contribution in [2.75, 3.05) is 10.6 Å². The summed E-state index contributed by atoms with van der Waals surface area (Å²) in [6.45, 7) is 1.89. The Labute approximate surface area is 151 Å². The zero-order valence-corrected chi connectivity index (χ0v) is 14.2. The number of benzene rings is 2. The normalized spacial score (nSPS) is 10.7. The number of hydrogen-bond donors (Lipinski definition) is 2. The summed E-state index contributed by atoms with van der Waals surface area (Å²) in [5.74, 6) is 0.118. The summed E-state index contributed by atoms with van der Waals surface area (Å²) in [5.41, 5.74) is 2.70. The molecule has 0 aliphatic carbocycles. The molecule has 0 bridgehead atoms. The van der Waals surface area contributed by atoms with Crippen molar-refractivity contribution < 1.29 is 14.0 Å². The van der Waals surface area contributed by atoms with E-state index in [1.807, 2.05) is 25.1 Å². The number of nitrogens with one attached hydrogen (secondary N) is 2. The molecule has 0 saturated heterocycles. The van der Waals surface area contributed by atoms with Crippen molar-refractivity contribution in [3.05, 3.63) is 89.9 Å². The third-order valence-corrected chi connectivity index (χ3v) is 3.72. The van der Waals surface area contributed by atoms with Crippen molar-refractivity contribution in [1.82, 2.24) is 0 Å². The first-order valence-electron chi connectivity index (χ1n) is 8.11. The van der Waals surface area contributed by atoms with Gasteiger partial charge in [0.15, 0.2) is 0 Å². The maximum absolute atomic E-state index is 12.4. The first-order chi connectivity index (χ1) is 12.6. The Hall–Kier alpha value is -3.60. The molecule has 0 spiro atoms. The zero-order valence-electron chi connectivity index (χ0n) is 14.2. The average Bonchev–Trinajstić information content (AvgIpc) is 3.14. The van der Waals surface area contributed by atoms with Gasteiger partial charge in [-0.15, -0.1) is 0 Å². The van der Waals surface area contributed by atoms with Crippen molar-refractivity contribution in [2.45, 2.75) is 6.92 Å². The van der Waals surface area contributed by atoms with E-state index in [1.54, 1.807) is 48.5 Å². The number of rotatable bonds is 5. The van der Waals surface area contributed by atoms with Gasteiger partial charge in [-0.25, -0.2) is 0 Å². The Morgan fingerprint density at radius 3 is 2.42 bits per heavy atom. The van der Waals surface area contributed by atoms with E-state index in [4.69, 9.17) is 4.42 Å². The summed E-state index contributed by atoms with van der Waals surface area (Å²) < 4.78 is 5.13. The number of amides is 2. The molecule has 0 saturated carbocycles. The molecule has 3 rings (SSSR count). The minimum Gasteiger partial charge on any atom is -0.465 e. The van der Waals surface area contributed by atoms with E-state index >= 15 is 0 Å². The van der Waals surface area contributed by atoms with Gasteiger partial charge in [0.05, 0.1) is 6.26 Å². The van der Waals surface area contributed by atoms with Crippen molar-refractivity contribution in [3.63, 3.8) is 0 Å². The Morgan fingerprint density at radius 2 is 1.69 bits per heavy atom. The van der Waals surface area contributed by atoms with Crippen LogP contribution in [0.25, 0.3) is 6.08 Å². The van der Waals surface area contributed by atoms with Crippen LogP contribution in [0.3, 0.4) is 0 Å². The predicted molar refractivity (Wildman–Crippen MR) is 102 cm³/mol. The third kappa shape index (κ3) is 4.48. The van der Waals surface area contributed by atoms with E-state index in [-0.39, 0.29) is 11.8 Å². The van der Waals surface area contributed by atoms with Gasteiger partial charge >= 0.3 is 0 Å². The summed E-state index contributed by atoms with van der Waals surface area (Å²) in [6, 6.07) is 17.9. The highest BCUT2D eigenvalue weighted by Crippen LogP contribution is 2.17. The summed E-state index contributed by atoms with van der Waals surface area (Å²) in [6.07, 6.45) is 4.51. The fourth-order valence-electron chi connectivity index (χ4n) is 2.43. The third-order valence-electron chi connectivity index (χ3n) is 3.72. The highest BCUT2D eigenvalue weighted by Gasteiger charge is 2.09. The van der Waals surface area contributed by atoms with Crippen LogP contribution >= 0.6 is 0 Å². The minimum absolute atomic E-state index is 0.190. The molecule has 0 atom stereocenters. The van der Waals surface area contributed by atoms with Gasteiger partial charge in [0.25, 0.3) is 5.91 Å². The monoisotopic (exact) mass is 346 g/mol. The number of anilines is 2. The van der Waals surface area contributed by atoms with Crippen molar-refractivity contribution >= 4 is 29.3 Å². The van der Waals surface area contributed by atoms with E-state index in [0.717, 1.165) is 5.56 Å². The number of carbonyl (C=O) groups is 2. The van der Waals surface area contributed by atoms with Crippen LogP contribution in [-0.4, -0.2) is 11.8 Å². The molecule has 130 valence electrons. The number of carbonyl (C=O) groups excluding carboxylic acids is 2. The molecule has 0 unspecified atom stereocenters. The van der Waals surface area contributed by atoms with Crippen LogP contribution in [0.15, 0.2) is 77.4 Å². The van der Waals surface area contributed by atoms with Gasteiger partial charge < -0.3 is 15.1 Å². The lowest BCUT2D eigenvalue weighted by Crippen LogP contribution is -2.14. The maximum atomic E-state index is 12.4. The number of furan rings is 1. The Bertz CT molecular complexity index is 943. The van der Waals surface area contributed by atoms with Crippen LogP contribution in [0, 0.1) is 6.92 Å². The number of hydrogen-bond acceptors (Lipinski definition) is 3. The van der Waals surface area contributed by atoms with Gasteiger partial charge in [-0.05, 0) is 55.0 Å². The lowest BCUT2D eigenvalue weighted by molar-refractivity contribution is -0.111. The van der Waals surface area contributed by atoms with Gasteiger partial charge in [-0.1, -0.05) is 24.3 Å². The smallest absolute Gasteiger partial charge is 0.255 e. The first-order valence-corrected chi connectivity index (χ1v) is 8.11. The SMILES string of the molecule is Cc1ccccc1C(=O)Nc1cccc(NC(=O)C=Cc2ccco2)c1. The molecule has 1 heterocycles. The van der Waals surface area contributed by atoms with Gasteiger partial charge in [-0.2, -0.15) is 0 Å². The molecule has 5 heteroatoms. The lowest BCUT2D eigenvalue weighted by Gasteiger charge is -2.09. The second-order valence-electron chi connectivity index (χ2n) is 5.69. The van der Waals surface area contributed by atoms with E-state index in [1.165, 1.54) is 12.3 Å². The summed E-state index contributed by atoms with van der Waals surface area (Å²) in [7, 11) is 0. The average molecular weight is 346 g/mol. The van der Waals surface area contributed by atoms with Crippen LogP contribution in [0.5, 0.6) is 0 Å². The van der Waals surface area contributed by atoms with Gasteiger partial charge in [-0.3, -0.25) is 9.59 Å². The van der Waals surface area contributed by atoms with Crippen LogP contribution in [0.1, 0.15) is 21.7 Å². The zero-order chi connectivity index (χ0) is 18.4. The summed E-state index contributed by atoms with van der Waals surface area (Å²) in [5, 5.41) is 5.59. The van der Waals surface area contributed by atoms with E-state index in [9.17, 15) is 9.59 Å². The molecule has 5 nitrogen and oxygen atoms in total. The fraction of sp³-hybridized carbons (Fsp3) is 0.0476. The Kier molecular flexibility index (Phi) is 5.29. The van der Waals surface area contributed by atoms with Gasteiger partial charge in [0.2, 0.25) is 5.91 Å². The highest BCUT2D eigenvalue weighted by molar-refractivity contribution is 6.06. The molecule has 2 aromatic carbocycles. The quantitative estimate of drug-likeness (QED) is 0.669. The highest BCUT2D eigenvalue weighted by atomic mass is 16.3. The molecule has 2 N–H and O–H groups in total. The molecule has 3 aromatic rings. The van der Waals surface area contributed by atoms with Crippen LogP contribution in [0.4, 0.5) is 11.4 Å². The fourth-order valence-corrected chi connectivity index (χ4v) is 2.43. The standard InChI is InChI=1S/C21H18N2O3/c1-15-6-2-3-10-19(15)21(25)23-17-8-4-7-16(14-17)22-20(24)12-11-18-9-5-13-26-18/h2-14H,1H3,(H,22,24)(H,23,25). The second kappa shape index (κ2) is 7.98. The lowest BCUT2D eigenvalue weighted by atomic mass is 10.1. The largest absolute Gasteiger partial charge is 0.465 e. The first kappa shape index (κ1) is 17.2. The molecule has 26 heavy (non-hydrogen) atoms. The molecule has 2 amide bonds. The van der Waals surface area contributed by atoms with Crippen molar-refractivity contribution in [1.29, 1.82) is 0 Å². The maximum Gasteiger partial charge on any atom is 0.255 e. The summed E-state index contributed by atoms with van der Waals surface area (Å²) >= 11 is 0. The minimum atomic E-state index is -0.288. The predicted octanol–water partition coefficient (Wildman–Crippen LogP) is 4.49. The molecule has 1 aromatic heterocycles. The number of aryl methyl sites for hydroxylation is 1. The van der Waals surface area contributed by atoms with Crippen LogP contribution in [0.2, 0.25) is 0 Å². The van der Waals surface area contributed by atoms with E-state index < -0.39 is 0 Å².